The standard InChI is InChI=1S/C10H8BrFN2/c11-9-1-2-10(12)8(5-9)6-14-4-3-13-7-14/h1-5,7H,6H2. The number of benzene rings is 1. The van der Waals surface area contributed by atoms with Gasteiger partial charge in [-0.1, -0.05) is 15.9 Å². The van der Waals surface area contributed by atoms with Crippen molar-refractivity contribution in [2.75, 3.05) is 0 Å². The van der Waals surface area contributed by atoms with Gasteiger partial charge < -0.3 is 4.57 Å². The fourth-order valence-electron chi connectivity index (χ4n) is 1.24. The van der Waals surface area contributed by atoms with Crippen LogP contribution in [0.25, 0.3) is 0 Å². The lowest BCUT2D eigenvalue weighted by Gasteiger charge is -2.04. The van der Waals surface area contributed by atoms with Crippen molar-refractivity contribution in [1.29, 1.82) is 0 Å². The van der Waals surface area contributed by atoms with Gasteiger partial charge in [0.1, 0.15) is 5.82 Å². The van der Waals surface area contributed by atoms with Crippen LogP contribution in [0.3, 0.4) is 0 Å². The largest absolute Gasteiger partial charge is 0.333 e. The van der Waals surface area contributed by atoms with Gasteiger partial charge in [-0.15, -0.1) is 0 Å². The van der Waals surface area contributed by atoms with Crippen LogP contribution in [0.5, 0.6) is 0 Å². The van der Waals surface area contributed by atoms with E-state index in [1.54, 1.807) is 30.9 Å². The number of aromatic nitrogens is 2. The van der Waals surface area contributed by atoms with Gasteiger partial charge in [0.2, 0.25) is 0 Å². The molecule has 1 heterocycles. The van der Waals surface area contributed by atoms with Crippen LogP contribution in [0.1, 0.15) is 5.56 Å². The van der Waals surface area contributed by atoms with Gasteiger partial charge in [-0.2, -0.15) is 0 Å². The zero-order valence-corrected chi connectivity index (χ0v) is 8.91. The molecule has 0 atom stereocenters. The van der Waals surface area contributed by atoms with Gasteiger partial charge in [0, 0.05) is 22.4 Å². The minimum absolute atomic E-state index is 0.193. The molecule has 2 rings (SSSR count). The summed E-state index contributed by atoms with van der Waals surface area (Å²) < 4.78 is 16.0. The molecule has 0 amide bonds. The molecule has 0 N–H and O–H groups in total. The summed E-state index contributed by atoms with van der Waals surface area (Å²) in [6.45, 7) is 0.505. The van der Waals surface area contributed by atoms with Crippen molar-refractivity contribution in [3.05, 3.63) is 52.8 Å². The topological polar surface area (TPSA) is 17.8 Å². The average molecular weight is 255 g/mol. The minimum Gasteiger partial charge on any atom is -0.333 e. The second kappa shape index (κ2) is 3.92. The molecule has 2 nitrogen and oxygen atoms in total. The first-order valence-electron chi connectivity index (χ1n) is 4.15. The molecule has 0 saturated carbocycles. The summed E-state index contributed by atoms with van der Waals surface area (Å²) in [6.07, 6.45) is 5.15. The Morgan fingerprint density at radius 1 is 1.43 bits per heavy atom. The van der Waals surface area contributed by atoms with E-state index in [1.807, 2.05) is 4.57 Å². The molecule has 4 heteroatoms. The lowest BCUT2D eigenvalue weighted by atomic mass is 10.2. The molecule has 0 aliphatic heterocycles. The fourth-order valence-corrected chi connectivity index (χ4v) is 1.65. The van der Waals surface area contributed by atoms with Crippen LogP contribution >= 0.6 is 15.9 Å². The molecule has 0 spiro atoms. The summed E-state index contributed by atoms with van der Waals surface area (Å²) >= 11 is 3.31. The van der Waals surface area contributed by atoms with E-state index in [2.05, 4.69) is 20.9 Å². The maximum absolute atomic E-state index is 13.3. The molecule has 0 fully saturated rings. The Labute approximate surface area is 89.5 Å². The number of hydrogen-bond acceptors (Lipinski definition) is 1. The first kappa shape index (κ1) is 9.40. The van der Waals surface area contributed by atoms with E-state index >= 15 is 0 Å². The quantitative estimate of drug-likeness (QED) is 0.806. The van der Waals surface area contributed by atoms with E-state index in [9.17, 15) is 4.39 Å². The molecule has 72 valence electrons. The number of halogens is 2. The summed E-state index contributed by atoms with van der Waals surface area (Å²) in [6, 6.07) is 4.92. The van der Waals surface area contributed by atoms with Crippen LogP contribution in [0, 0.1) is 5.82 Å². The Kier molecular flexibility index (Phi) is 2.63. The molecule has 1 aromatic carbocycles. The normalized spacial score (nSPS) is 10.4. The Balaban J connectivity index is 2.28. The van der Waals surface area contributed by atoms with Crippen molar-refractivity contribution in [3.8, 4) is 0 Å². The molecule has 0 radical (unpaired) electrons. The van der Waals surface area contributed by atoms with Crippen molar-refractivity contribution in [1.82, 2.24) is 9.55 Å². The number of rotatable bonds is 2. The monoisotopic (exact) mass is 254 g/mol. The molecule has 1 aromatic heterocycles. The Morgan fingerprint density at radius 2 is 2.29 bits per heavy atom. The first-order valence-corrected chi connectivity index (χ1v) is 4.94. The summed E-state index contributed by atoms with van der Waals surface area (Å²) in [4.78, 5) is 3.90. The van der Waals surface area contributed by atoms with Crippen LogP contribution in [0.4, 0.5) is 4.39 Å². The van der Waals surface area contributed by atoms with Crippen LogP contribution in [-0.2, 0) is 6.54 Å². The predicted molar refractivity (Wildman–Crippen MR) is 55.4 cm³/mol. The molecule has 0 saturated heterocycles. The average Bonchev–Trinajstić information content (AvgIpc) is 2.64. The lowest BCUT2D eigenvalue weighted by molar-refractivity contribution is 0.599. The van der Waals surface area contributed by atoms with Gasteiger partial charge in [0.25, 0.3) is 0 Å². The molecular formula is C10H8BrFN2. The van der Waals surface area contributed by atoms with E-state index in [1.165, 1.54) is 6.07 Å². The summed E-state index contributed by atoms with van der Waals surface area (Å²) in [5.41, 5.74) is 0.650. The zero-order valence-electron chi connectivity index (χ0n) is 7.32. The van der Waals surface area contributed by atoms with Crippen LogP contribution < -0.4 is 0 Å². The zero-order chi connectivity index (χ0) is 9.97. The minimum atomic E-state index is -0.193. The highest BCUT2D eigenvalue weighted by atomic mass is 79.9. The molecule has 2 aromatic rings. The lowest BCUT2D eigenvalue weighted by Crippen LogP contribution is -1.99. The molecular weight excluding hydrogens is 247 g/mol. The summed E-state index contributed by atoms with van der Waals surface area (Å²) in [7, 11) is 0. The van der Waals surface area contributed by atoms with E-state index in [4.69, 9.17) is 0 Å². The van der Waals surface area contributed by atoms with E-state index < -0.39 is 0 Å². The van der Waals surface area contributed by atoms with Crippen molar-refractivity contribution < 1.29 is 4.39 Å². The maximum atomic E-state index is 13.3. The number of imidazole rings is 1. The van der Waals surface area contributed by atoms with Crippen molar-refractivity contribution in [2.45, 2.75) is 6.54 Å². The highest BCUT2D eigenvalue weighted by Gasteiger charge is 2.02. The van der Waals surface area contributed by atoms with Gasteiger partial charge >= 0.3 is 0 Å². The second-order valence-electron chi connectivity index (χ2n) is 2.97. The third-order valence-corrected chi connectivity index (χ3v) is 2.41. The van der Waals surface area contributed by atoms with Gasteiger partial charge in [0.15, 0.2) is 0 Å². The smallest absolute Gasteiger partial charge is 0.128 e. The van der Waals surface area contributed by atoms with E-state index in [0.717, 1.165) is 4.47 Å². The van der Waals surface area contributed by atoms with E-state index in [0.29, 0.717) is 12.1 Å². The molecule has 0 bridgehead atoms. The fraction of sp³-hybridized carbons (Fsp3) is 0.100. The molecule has 0 unspecified atom stereocenters. The number of nitrogens with zero attached hydrogens (tertiary/aromatic N) is 2. The van der Waals surface area contributed by atoms with Gasteiger partial charge in [-0.25, -0.2) is 9.37 Å². The van der Waals surface area contributed by atoms with Crippen LogP contribution in [-0.4, -0.2) is 9.55 Å². The highest BCUT2D eigenvalue weighted by Crippen LogP contribution is 2.16. The SMILES string of the molecule is Fc1ccc(Br)cc1Cn1ccnc1. The second-order valence-corrected chi connectivity index (χ2v) is 3.89. The maximum Gasteiger partial charge on any atom is 0.128 e. The molecule has 14 heavy (non-hydrogen) atoms. The van der Waals surface area contributed by atoms with Gasteiger partial charge in [-0.05, 0) is 18.2 Å². The van der Waals surface area contributed by atoms with Crippen molar-refractivity contribution in [2.24, 2.45) is 0 Å². The summed E-state index contributed by atoms with van der Waals surface area (Å²) in [5.74, 6) is -0.193. The third-order valence-electron chi connectivity index (χ3n) is 1.92. The van der Waals surface area contributed by atoms with Gasteiger partial charge in [-0.3, -0.25) is 0 Å². The predicted octanol–water partition coefficient (Wildman–Crippen LogP) is 2.83. The Morgan fingerprint density at radius 3 is 3.00 bits per heavy atom. The Hall–Kier alpha value is -1.16. The van der Waals surface area contributed by atoms with Crippen molar-refractivity contribution in [3.63, 3.8) is 0 Å². The first-order chi connectivity index (χ1) is 6.75. The third kappa shape index (κ3) is 2.01. The van der Waals surface area contributed by atoms with Crippen LogP contribution in [0.2, 0.25) is 0 Å². The molecule has 0 aliphatic carbocycles. The van der Waals surface area contributed by atoms with Crippen LogP contribution in [0.15, 0.2) is 41.4 Å². The molecule has 0 aliphatic rings. The van der Waals surface area contributed by atoms with E-state index in [-0.39, 0.29) is 5.82 Å². The number of hydrogen-bond donors (Lipinski definition) is 0. The Bertz CT molecular complexity index is 426. The summed E-state index contributed by atoms with van der Waals surface area (Å²) in [5, 5.41) is 0. The highest BCUT2D eigenvalue weighted by molar-refractivity contribution is 9.10. The van der Waals surface area contributed by atoms with Gasteiger partial charge in [0.05, 0.1) is 12.9 Å². The van der Waals surface area contributed by atoms with Crippen molar-refractivity contribution >= 4 is 15.9 Å².